The third-order valence-corrected chi connectivity index (χ3v) is 4.41. The predicted molar refractivity (Wildman–Crippen MR) is 97.4 cm³/mol. The zero-order chi connectivity index (χ0) is 19.3. The van der Waals surface area contributed by atoms with E-state index in [1.807, 2.05) is 13.8 Å². The van der Waals surface area contributed by atoms with Crippen LogP contribution in [-0.2, 0) is 16.1 Å². The van der Waals surface area contributed by atoms with Gasteiger partial charge in [0.2, 0.25) is 5.91 Å². The molecule has 0 unspecified atom stereocenters. The summed E-state index contributed by atoms with van der Waals surface area (Å²) in [5.41, 5.74) is 2.13. The second kappa shape index (κ2) is 9.04. The number of ketones is 1. The summed E-state index contributed by atoms with van der Waals surface area (Å²) in [6, 6.07) is 0. The van der Waals surface area contributed by atoms with Gasteiger partial charge in [-0.25, -0.2) is 4.79 Å². The maximum atomic E-state index is 12.9. The first-order chi connectivity index (χ1) is 11.7. The van der Waals surface area contributed by atoms with Gasteiger partial charge in [-0.3, -0.25) is 9.59 Å². The molecule has 0 aliphatic rings. The first kappa shape index (κ1) is 21.2. The number of hydrogen-bond acceptors (Lipinski definition) is 4. The van der Waals surface area contributed by atoms with Crippen LogP contribution in [0.25, 0.3) is 0 Å². The van der Waals surface area contributed by atoms with Crippen LogP contribution in [-0.4, -0.2) is 52.7 Å². The van der Waals surface area contributed by atoms with Crippen LogP contribution in [0.4, 0.5) is 0 Å². The molecule has 1 rings (SSSR count). The van der Waals surface area contributed by atoms with E-state index in [-0.39, 0.29) is 18.2 Å². The Morgan fingerprint density at radius 3 is 2.28 bits per heavy atom. The van der Waals surface area contributed by atoms with Crippen molar-refractivity contribution in [2.45, 2.75) is 53.0 Å². The van der Waals surface area contributed by atoms with Crippen molar-refractivity contribution in [3.05, 3.63) is 22.5 Å². The predicted octanol–water partition coefficient (Wildman–Crippen LogP) is 2.96. The van der Waals surface area contributed by atoms with Gasteiger partial charge in [-0.1, -0.05) is 6.92 Å². The number of aromatic nitrogens is 1. The second-order valence-corrected chi connectivity index (χ2v) is 6.62. The van der Waals surface area contributed by atoms with Crippen LogP contribution >= 0.6 is 11.6 Å². The van der Waals surface area contributed by atoms with Crippen molar-refractivity contribution in [1.82, 2.24) is 9.47 Å². The van der Waals surface area contributed by atoms with Gasteiger partial charge in [-0.2, -0.15) is 0 Å². The molecule has 6 nitrogen and oxygen atoms in total. The molecule has 1 amide bonds. The summed E-state index contributed by atoms with van der Waals surface area (Å²) in [5, 5.41) is -0.688. The lowest BCUT2D eigenvalue weighted by molar-refractivity contribution is -0.130. The van der Waals surface area contributed by atoms with Crippen molar-refractivity contribution in [3.8, 4) is 0 Å². The number of carbonyl (C=O) groups excluding carboxylic acids is 3. The van der Waals surface area contributed by atoms with E-state index in [1.54, 1.807) is 25.3 Å². The molecule has 140 valence electrons. The summed E-state index contributed by atoms with van der Waals surface area (Å²) in [7, 11) is 1.31. The molecule has 0 aliphatic heterocycles. The van der Waals surface area contributed by atoms with Crippen molar-refractivity contribution in [1.29, 1.82) is 0 Å². The van der Waals surface area contributed by atoms with Crippen molar-refractivity contribution >= 4 is 29.3 Å². The number of rotatable bonds is 8. The minimum Gasteiger partial charge on any atom is -0.464 e. The molecular weight excluding hydrogens is 344 g/mol. The summed E-state index contributed by atoms with van der Waals surface area (Å²) in [6.45, 7) is 9.90. The van der Waals surface area contributed by atoms with E-state index in [1.165, 1.54) is 12.0 Å². The Balaban J connectivity index is 3.27. The molecule has 0 N–H and O–H groups in total. The number of carbonyl (C=O) groups is 3. The Labute approximate surface area is 154 Å². The number of ether oxygens (including phenoxy) is 1. The molecule has 1 aromatic heterocycles. The van der Waals surface area contributed by atoms with Crippen LogP contribution in [0.15, 0.2) is 0 Å². The number of methoxy groups -OCH3 is 1. The molecule has 1 aromatic rings. The van der Waals surface area contributed by atoms with Crippen molar-refractivity contribution < 1.29 is 19.1 Å². The highest BCUT2D eigenvalue weighted by atomic mass is 35.5. The first-order valence-corrected chi connectivity index (χ1v) is 8.88. The minimum absolute atomic E-state index is 0.0558. The van der Waals surface area contributed by atoms with E-state index >= 15 is 0 Å². The van der Waals surface area contributed by atoms with Gasteiger partial charge >= 0.3 is 5.97 Å². The number of alkyl halides is 1. The molecule has 0 aliphatic carbocycles. The van der Waals surface area contributed by atoms with Gasteiger partial charge in [0.05, 0.1) is 13.7 Å². The van der Waals surface area contributed by atoms with Gasteiger partial charge in [0, 0.05) is 24.3 Å². The number of nitrogens with zero attached hydrogens (tertiary/aromatic N) is 2. The van der Waals surface area contributed by atoms with Crippen LogP contribution < -0.4 is 0 Å². The second-order valence-electron chi connectivity index (χ2n) is 5.97. The van der Waals surface area contributed by atoms with Crippen LogP contribution in [0.2, 0.25) is 0 Å². The molecule has 1 atom stereocenters. The number of hydrogen-bond donors (Lipinski definition) is 0. The monoisotopic (exact) mass is 370 g/mol. The molecule has 0 aromatic carbocycles. The zero-order valence-corrected chi connectivity index (χ0v) is 16.6. The topological polar surface area (TPSA) is 68.6 Å². The van der Waals surface area contributed by atoms with Crippen molar-refractivity contribution in [2.24, 2.45) is 0 Å². The normalized spacial score (nSPS) is 12.0. The molecule has 0 radical (unpaired) electrons. The number of amides is 1. The molecule has 25 heavy (non-hydrogen) atoms. The van der Waals surface area contributed by atoms with Gasteiger partial charge in [0.1, 0.15) is 11.1 Å². The average Bonchev–Trinajstić information content (AvgIpc) is 2.82. The Hall–Kier alpha value is -1.82. The Bertz CT molecular complexity index is 665. The van der Waals surface area contributed by atoms with Crippen LogP contribution in [0.1, 0.15) is 59.3 Å². The summed E-state index contributed by atoms with van der Waals surface area (Å²) in [5.74, 6) is -0.945. The molecule has 1 heterocycles. The summed E-state index contributed by atoms with van der Waals surface area (Å²) in [4.78, 5) is 38.7. The number of Topliss-reactive ketones (excluding diaryl/α,β-unsaturated/α-hetero) is 1. The molecule has 0 saturated heterocycles. The zero-order valence-electron chi connectivity index (χ0n) is 15.8. The Morgan fingerprint density at radius 2 is 1.84 bits per heavy atom. The largest absolute Gasteiger partial charge is 0.464 e. The maximum absolute atomic E-state index is 12.9. The van der Waals surface area contributed by atoms with E-state index in [4.69, 9.17) is 16.3 Å². The highest BCUT2D eigenvalue weighted by Crippen LogP contribution is 2.24. The van der Waals surface area contributed by atoms with Gasteiger partial charge in [-0.05, 0) is 39.7 Å². The van der Waals surface area contributed by atoms with E-state index in [9.17, 15) is 14.4 Å². The highest BCUT2D eigenvalue weighted by molar-refractivity contribution is 6.30. The van der Waals surface area contributed by atoms with E-state index < -0.39 is 11.3 Å². The standard InChI is InChI=1S/C18H27ClN2O4/c1-7-9-20(17(23)12(4)19)10-14(22)15-11(3)16(18(24)25-6)21(8-2)13(15)5/h12H,7-10H2,1-6H3/t12-/m0/s1. The van der Waals surface area contributed by atoms with Crippen molar-refractivity contribution in [3.63, 3.8) is 0 Å². The minimum atomic E-state index is -0.688. The Kier molecular flexibility index (Phi) is 7.67. The van der Waals surface area contributed by atoms with Gasteiger partial charge in [0.15, 0.2) is 5.78 Å². The lowest BCUT2D eigenvalue weighted by Gasteiger charge is -2.22. The lowest BCUT2D eigenvalue weighted by Crippen LogP contribution is -2.40. The van der Waals surface area contributed by atoms with Gasteiger partial charge in [-0.15, -0.1) is 11.6 Å². The van der Waals surface area contributed by atoms with Crippen LogP contribution in [0.5, 0.6) is 0 Å². The average molecular weight is 371 g/mol. The smallest absolute Gasteiger partial charge is 0.354 e. The molecule has 7 heteroatoms. The quantitative estimate of drug-likeness (QED) is 0.401. The third-order valence-electron chi connectivity index (χ3n) is 4.22. The van der Waals surface area contributed by atoms with Gasteiger partial charge < -0.3 is 14.2 Å². The van der Waals surface area contributed by atoms with E-state index in [2.05, 4.69) is 0 Å². The fourth-order valence-corrected chi connectivity index (χ4v) is 3.24. The first-order valence-electron chi connectivity index (χ1n) is 8.45. The number of halogens is 1. The van der Waals surface area contributed by atoms with Gasteiger partial charge in [0.25, 0.3) is 0 Å². The fraction of sp³-hybridized carbons (Fsp3) is 0.611. The maximum Gasteiger partial charge on any atom is 0.354 e. The van der Waals surface area contributed by atoms with Crippen molar-refractivity contribution in [2.75, 3.05) is 20.2 Å². The molecule has 0 bridgehead atoms. The Morgan fingerprint density at radius 1 is 1.24 bits per heavy atom. The van der Waals surface area contributed by atoms with E-state index in [0.29, 0.717) is 35.6 Å². The van der Waals surface area contributed by atoms with E-state index in [0.717, 1.165) is 6.42 Å². The molecular formula is C18H27ClN2O4. The lowest BCUT2D eigenvalue weighted by atomic mass is 10.0. The summed E-state index contributed by atoms with van der Waals surface area (Å²) in [6.07, 6.45) is 0.726. The molecule has 0 spiro atoms. The van der Waals surface area contributed by atoms with Crippen LogP contribution in [0.3, 0.4) is 0 Å². The molecule has 0 saturated carbocycles. The number of esters is 1. The SMILES string of the molecule is CCCN(CC(=O)c1c(C)c(C(=O)OC)n(CC)c1C)C(=O)[C@H](C)Cl. The summed E-state index contributed by atoms with van der Waals surface area (Å²) < 4.78 is 6.61. The summed E-state index contributed by atoms with van der Waals surface area (Å²) >= 11 is 5.90. The molecule has 0 fully saturated rings. The fourth-order valence-electron chi connectivity index (χ4n) is 3.10. The third kappa shape index (κ3) is 4.42. The highest BCUT2D eigenvalue weighted by Gasteiger charge is 2.28. The van der Waals surface area contributed by atoms with Crippen LogP contribution in [0, 0.1) is 13.8 Å².